The SMILES string of the molecule is CC/C=C\C/C=C\C/C=C\C/C=C\C/C=C\CCCC(=O)CC[C@@H]1CCN(C(=O)c2cccnc2)C1.S. The summed E-state index contributed by atoms with van der Waals surface area (Å²) >= 11 is 0. The third-order valence-corrected chi connectivity index (χ3v) is 6.30. The van der Waals surface area contributed by atoms with Crippen molar-refractivity contribution in [2.24, 2.45) is 5.92 Å². The van der Waals surface area contributed by atoms with Gasteiger partial charge in [-0.15, -0.1) is 0 Å². The van der Waals surface area contributed by atoms with E-state index in [9.17, 15) is 9.59 Å². The van der Waals surface area contributed by atoms with Crippen molar-refractivity contribution in [1.82, 2.24) is 9.88 Å². The third kappa shape index (κ3) is 15.2. The maximum atomic E-state index is 12.5. The molecule has 0 spiro atoms. The molecule has 1 saturated heterocycles. The highest BCUT2D eigenvalue weighted by Crippen LogP contribution is 2.23. The van der Waals surface area contributed by atoms with Gasteiger partial charge in [0.2, 0.25) is 0 Å². The third-order valence-electron chi connectivity index (χ3n) is 6.30. The van der Waals surface area contributed by atoms with Crippen molar-refractivity contribution in [2.45, 2.75) is 77.6 Å². The molecule has 0 bridgehead atoms. The van der Waals surface area contributed by atoms with Gasteiger partial charge in [0.25, 0.3) is 5.91 Å². The number of nitrogens with zero attached hydrogens (tertiary/aromatic N) is 2. The summed E-state index contributed by atoms with van der Waals surface area (Å²) in [5.74, 6) is 0.828. The number of rotatable bonds is 17. The van der Waals surface area contributed by atoms with Gasteiger partial charge in [0.05, 0.1) is 5.56 Å². The van der Waals surface area contributed by atoms with E-state index < -0.39 is 0 Å². The number of Topliss-reactive ketones (excluding diaryl/α,β-unsaturated/α-hetero) is 1. The molecule has 1 aromatic rings. The quantitative estimate of drug-likeness (QED) is 0.154. The molecule has 4 nitrogen and oxygen atoms in total. The maximum absolute atomic E-state index is 12.5. The lowest BCUT2D eigenvalue weighted by Gasteiger charge is -2.16. The van der Waals surface area contributed by atoms with Crippen LogP contribution in [0.15, 0.2) is 85.3 Å². The molecule has 1 atom stereocenters. The van der Waals surface area contributed by atoms with Gasteiger partial charge in [0.1, 0.15) is 5.78 Å². The van der Waals surface area contributed by atoms with Crippen LogP contribution in [0.5, 0.6) is 0 Å². The van der Waals surface area contributed by atoms with Gasteiger partial charge in [0, 0.05) is 38.3 Å². The minimum absolute atomic E-state index is 0. The van der Waals surface area contributed by atoms with Gasteiger partial charge in [-0.2, -0.15) is 13.5 Å². The van der Waals surface area contributed by atoms with E-state index >= 15 is 0 Å². The smallest absolute Gasteiger partial charge is 0.255 e. The van der Waals surface area contributed by atoms with Crippen LogP contribution in [0.25, 0.3) is 0 Å². The van der Waals surface area contributed by atoms with Gasteiger partial charge in [-0.25, -0.2) is 0 Å². The lowest BCUT2D eigenvalue weighted by Crippen LogP contribution is -2.28. The van der Waals surface area contributed by atoms with Crippen LogP contribution < -0.4 is 0 Å². The number of hydrogen-bond acceptors (Lipinski definition) is 3. The first-order chi connectivity index (χ1) is 17.7. The van der Waals surface area contributed by atoms with E-state index in [1.165, 1.54) is 0 Å². The van der Waals surface area contributed by atoms with Crippen LogP contribution in [0.3, 0.4) is 0 Å². The van der Waals surface area contributed by atoms with Gasteiger partial charge >= 0.3 is 0 Å². The molecule has 1 aliphatic heterocycles. The molecule has 0 unspecified atom stereocenters. The second kappa shape index (κ2) is 21.4. The summed E-state index contributed by atoms with van der Waals surface area (Å²) in [4.78, 5) is 30.7. The minimum atomic E-state index is 0. The summed E-state index contributed by atoms with van der Waals surface area (Å²) < 4.78 is 0. The fraction of sp³-hybridized carbons (Fsp3) is 0.469. The number of aromatic nitrogens is 1. The predicted molar refractivity (Wildman–Crippen MR) is 161 cm³/mol. The summed E-state index contributed by atoms with van der Waals surface area (Å²) in [7, 11) is 0. The van der Waals surface area contributed by atoms with Crippen LogP contribution in [0.4, 0.5) is 0 Å². The largest absolute Gasteiger partial charge is 0.338 e. The zero-order chi connectivity index (χ0) is 25.7. The molecule has 2 rings (SSSR count). The van der Waals surface area contributed by atoms with Gasteiger partial charge in [-0.3, -0.25) is 14.6 Å². The number of likely N-dealkylation sites (tertiary alicyclic amines) is 1. The van der Waals surface area contributed by atoms with Crippen LogP contribution in [0.1, 0.15) is 87.9 Å². The van der Waals surface area contributed by atoms with Crippen molar-refractivity contribution >= 4 is 25.2 Å². The lowest BCUT2D eigenvalue weighted by molar-refractivity contribution is -0.119. The molecule has 0 aromatic carbocycles. The van der Waals surface area contributed by atoms with Crippen molar-refractivity contribution in [3.63, 3.8) is 0 Å². The van der Waals surface area contributed by atoms with E-state index in [1.54, 1.807) is 18.5 Å². The normalized spacial score (nSPS) is 16.1. The molecule has 0 N–H and O–H groups in total. The molecule has 1 aromatic heterocycles. The van der Waals surface area contributed by atoms with Crippen molar-refractivity contribution < 1.29 is 9.59 Å². The Bertz CT molecular complexity index is 903. The molecular weight excluding hydrogens is 476 g/mol. The maximum Gasteiger partial charge on any atom is 0.255 e. The van der Waals surface area contributed by atoms with Gasteiger partial charge in [-0.05, 0) is 75.8 Å². The molecule has 0 saturated carbocycles. The van der Waals surface area contributed by atoms with Crippen LogP contribution in [0, 0.1) is 5.92 Å². The molecule has 2 heterocycles. The van der Waals surface area contributed by atoms with Crippen LogP contribution in [0.2, 0.25) is 0 Å². The zero-order valence-corrected chi connectivity index (χ0v) is 23.6. The van der Waals surface area contributed by atoms with E-state index in [4.69, 9.17) is 0 Å². The Balaban J connectivity index is 0.00000684. The second-order valence-electron chi connectivity index (χ2n) is 9.33. The molecular formula is C32H46N2O2S. The predicted octanol–water partition coefficient (Wildman–Crippen LogP) is 7.93. The van der Waals surface area contributed by atoms with Gasteiger partial charge < -0.3 is 4.90 Å². The summed E-state index contributed by atoms with van der Waals surface area (Å²) in [6.45, 7) is 3.68. The summed E-state index contributed by atoms with van der Waals surface area (Å²) in [5.41, 5.74) is 0.643. The Labute approximate surface area is 231 Å². The Morgan fingerprint density at radius 1 is 0.919 bits per heavy atom. The Morgan fingerprint density at radius 2 is 1.54 bits per heavy atom. The van der Waals surface area contributed by atoms with E-state index in [1.807, 2.05) is 11.0 Å². The van der Waals surface area contributed by atoms with Crippen molar-refractivity contribution in [1.29, 1.82) is 0 Å². The first-order valence-electron chi connectivity index (χ1n) is 13.7. The Morgan fingerprint density at radius 3 is 2.14 bits per heavy atom. The molecule has 5 heteroatoms. The average molecular weight is 523 g/mol. The van der Waals surface area contributed by atoms with E-state index in [-0.39, 0.29) is 19.4 Å². The summed E-state index contributed by atoms with van der Waals surface area (Å²) in [5, 5.41) is 0. The van der Waals surface area contributed by atoms with Crippen molar-refractivity contribution in [2.75, 3.05) is 13.1 Å². The van der Waals surface area contributed by atoms with E-state index in [0.29, 0.717) is 30.1 Å². The fourth-order valence-electron chi connectivity index (χ4n) is 4.20. The highest BCUT2D eigenvalue weighted by molar-refractivity contribution is 7.59. The van der Waals surface area contributed by atoms with E-state index in [0.717, 1.165) is 70.9 Å². The number of carbonyl (C=O) groups excluding carboxylic acids is 2. The van der Waals surface area contributed by atoms with E-state index in [2.05, 4.69) is 72.7 Å². The summed E-state index contributed by atoms with van der Waals surface area (Å²) in [6.07, 6.45) is 35.4. The minimum Gasteiger partial charge on any atom is -0.338 e. The van der Waals surface area contributed by atoms with Crippen molar-refractivity contribution in [3.8, 4) is 0 Å². The number of allylic oxidation sites excluding steroid dienone is 10. The Kier molecular flexibility index (Phi) is 18.7. The highest BCUT2D eigenvalue weighted by Gasteiger charge is 2.27. The average Bonchev–Trinajstić information content (AvgIpc) is 3.38. The standard InChI is InChI=1S/C32H44N2O2.H2S/c1-2-3-4-5-6-7-8-9-10-11-12-13-14-15-16-17-18-21-31(35)23-22-29-24-26-34(28-29)32(36)30-20-19-25-33-27-30;/h3-4,6-7,9-10,12-13,15-16,19-20,25,27,29H,2,5,8,11,14,17-18,21-24,26,28H2,1H3;1H2/b4-3-,7-6-,10-9-,13-12-,16-15-;/t29-;/m1./s1. The molecule has 0 aliphatic carbocycles. The molecule has 1 aliphatic rings. The molecule has 0 radical (unpaired) electrons. The number of ketones is 1. The highest BCUT2D eigenvalue weighted by atomic mass is 32.1. The fourth-order valence-corrected chi connectivity index (χ4v) is 4.20. The molecule has 37 heavy (non-hydrogen) atoms. The van der Waals surface area contributed by atoms with Gasteiger partial charge in [0.15, 0.2) is 0 Å². The van der Waals surface area contributed by atoms with Crippen LogP contribution in [-0.4, -0.2) is 34.7 Å². The lowest BCUT2D eigenvalue weighted by atomic mass is 9.99. The van der Waals surface area contributed by atoms with Crippen LogP contribution >= 0.6 is 13.5 Å². The topological polar surface area (TPSA) is 50.3 Å². The summed E-state index contributed by atoms with van der Waals surface area (Å²) in [6, 6.07) is 3.60. The molecule has 202 valence electrons. The number of pyridine rings is 1. The molecule has 1 fully saturated rings. The second-order valence-corrected chi connectivity index (χ2v) is 9.33. The number of unbranched alkanes of at least 4 members (excludes halogenated alkanes) is 1. The monoisotopic (exact) mass is 522 g/mol. The zero-order valence-electron chi connectivity index (χ0n) is 22.6. The first kappa shape index (κ1) is 32.4. The number of hydrogen-bond donors (Lipinski definition) is 0. The van der Waals surface area contributed by atoms with Gasteiger partial charge in [-0.1, -0.05) is 67.7 Å². The Hall–Kier alpha value is -2.66. The molecule has 1 amide bonds. The first-order valence-corrected chi connectivity index (χ1v) is 13.7. The van der Waals surface area contributed by atoms with Crippen molar-refractivity contribution in [3.05, 3.63) is 90.9 Å². The number of carbonyl (C=O) groups is 2. The number of amides is 1. The van der Waals surface area contributed by atoms with Crippen LogP contribution in [-0.2, 0) is 4.79 Å².